The number of nitrogens with two attached hydrogens (primary N) is 1. The maximum Gasteiger partial charge on any atom is 0.410 e. The summed E-state index contributed by atoms with van der Waals surface area (Å²) in [7, 11) is 1.41. The first-order chi connectivity index (χ1) is 19.3. The zero-order valence-electron chi connectivity index (χ0n) is 25.2. The second-order valence-corrected chi connectivity index (χ2v) is 12.5. The molecule has 42 heavy (non-hydrogen) atoms. The van der Waals surface area contributed by atoms with Crippen LogP contribution >= 0.6 is 0 Å². The van der Waals surface area contributed by atoms with E-state index in [-0.39, 0.29) is 6.54 Å². The van der Waals surface area contributed by atoms with E-state index in [4.69, 9.17) is 10.5 Å². The van der Waals surface area contributed by atoms with Crippen molar-refractivity contribution in [2.24, 2.45) is 5.41 Å². The Morgan fingerprint density at radius 3 is 2.19 bits per heavy atom. The summed E-state index contributed by atoms with van der Waals surface area (Å²) in [6.45, 7) is 11.8. The molecule has 12 heteroatoms. The number of halogens is 2. The Bertz CT molecular complexity index is 1360. The van der Waals surface area contributed by atoms with Crippen molar-refractivity contribution in [3.8, 4) is 0 Å². The van der Waals surface area contributed by atoms with Gasteiger partial charge in [0.15, 0.2) is 0 Å². The summed E-state index contributed by atoms with van der Waals surface area (Å²) in [6, 6.07) is 4.56. The second kappa shape index (κ2) is 11.9. The lowest BCUT2D eigenvalue weighted by atomic mass is 9.85. The third kappa shape index (κ3) is 7.15. The number of hydrogen-bond acceptors (Lipinski definition) is 6. The molecule has 4 amide bonds. The molecule has 1 unspecified atom stereocenters. The average molecular weight is 588 g/mol. The Morgan fingerprint density at radius 1 is 1.05 bits per heavy atom. The van der Waals surface area contributed by atoms with Crippen LogP contribution in [0.25, 0.3) is 0 Å². The number of nitrogens with one attached hydrogen (secondary N) is 2. The molecule has 1 aliphatic rings. The van der Waals surface area contributed by atoms with Crippen LogP contribution in [0.4, 0.5) is 25.0 Å². The number of nitrogens with zero attached hydrogens (tertiary/aromatic N) is 2. The molecule has 2 aromatic rings. The Balaban J connectivity index is 1.93. The highest BCUT2D eigenvalue weighted by Gasteiger charge is 2.45. The largest absolute Gasteiger partial charge is 0.444 e. The molecule has 228 valence electrons. The van der Waals surface area contributed by atoms with Crippen molar-refractivity contribution >= 4 is 35.2 Å². The number of amides is 4. The van der Waals surface area contributed by atoms with E-state index in [1.54, 1.807) is 53.7 Å². The maximum atomic E-state index is 14.4. The minimum atomic E-state index is -1.29. The third-order valence-corrected chi connectivity index (χ3v) is 6.90. The van der Waals surface area contributed by atoms with Crippen LogP contribution in [0.5, 0.6) is 0 Å². The Hall–Kier alpha value is -4.22. The lowest BCUT2D eigenvalue weighted by Gasteiger charge is -2.36. The van der Waals surface area contributed by atoms with Crippen molar-refractivity contribution in [3.63, 3.8) is 0 Å². The number of anilines is 2. The molecule has 2 aromatic carbocycles. The van der Waals surface area contributed by atoms with Crippen molar-refractivity contribution in [2.45, 2.75) is 78.7 Å². The van der Waals surface area contributed by atoms with Gasteiger partial charge in [-0.1, -0.05) is 32.9 Å². The molecule has 1 aliphatic heterocycles. The molecular formula is C30H39F2N5O5. The average Bonchev–Trinajstić information content (AvgIpc) is 3.25. The number of benzene rings is 2. The standard InChI is InChI=1S/C30H39F2N5O5/c1-16(36(8)28(41)42-30(5,6)7)25(38)35-24(29(2,3)4)27(40)37-15-17-12-13-18(33)14-19(17)23(37)26(39)34-22-20(31)10-9-11-21(22)32/h9-14,16,23-24H,15,33H2,1-8H3,(H,34,39)(H,35,38)/t16-,23-,24?/m0/s1. The van der Waals surface area contributed by atoms with Crippen LogP contribution in [0.3, 0.4) is 0 Å². The highest BCUT2D eigenvalue weighted by atomic mass is 19.1. The molecule has 0 fully saturated rings. The third-order valence-electron chi connectivity index (χ3n) is 6.90. The van der Waals surface area contributed by atoms with Crippen molar-refractivity contribution in [2.75, 3.05) is 18.1 Å². The first-order valence-corrected chi connectivity index (χ1v) is 13.5. The molecule has 0 saturated heterocycles. The molecule has 0 bridgehead atoms. The molecule has 0 aliphatic carbocycles. The lowest BCUT2D eigenvalue weighted by molar-refractivity contribution is -0.145. The van der Waals surface area contributed by atoms with E-state index in [1.165, 1.54) is 31.0 Å². The highest BCUT2D eigenvalue weighted by Crippen LogP contribution is 2.38. The van der Waals surface area contributed by atoms with Gasteiger partial charge in [0.25, 0.3) is 5.91 Å². The van der Waals surface area contributed by atoms with Crippen molar-refractivity contribution in [1.82, 2.24) is 15.1 Å². The Kier molecular flexibility index (Phi) is 9.19. The SMILES string of the molecule is C[C@@H](C(=O)NC(C(=O)N1Cc2ccc(N)cc2[C@H]1C(=O)Nc1c(F)cccc1F)C(C)(C)C)N(C)C(=O)OC(C)(C)C. The highest BCUT2D eigenvalue weighted by molar-refractivity contribution is 6.00. The number of para-hydroxylation sites is 1. The van der Waals surface area contributed by atoms with Crippen molar-refractivity contribution in [3.05, 3.63) is 59.2 Å². The summed E-state index contributed by atoms with van der Waals surface area (Å²) >= 11 is 0. The van der Waals surface area contributed by atoms with Gasteiger partial charge in [-0.05, 0) is 68.5 Å². The molecule has 0 spiro atoms. The quantitative estimate of drug-likeness (QED) is 0.430. The van der Waals surface area contributed by atoms with E-state index >= 15 is 0 Å². The zero-order chi connectivity index (χ0) is 31.7. The first kappa shape index (κ1) is 32.3. The number of ether oxygens (including phenoxy) is 1. The van der Waals surface area contributed by atoms with Crippen LogP contribution in [-0.4, -0.2) is 58.3 Å². The number of fused-ring (bicyclic) bond motifs is 1. The van der Waals surface area contributed by atoms with Gasteiger partial charge < -0.3 is 26.0 Å². The molecule has 1 heterocycles. The van der Waals surface area contributed by atoms with E-state index in [1.807, 2.05) is 0 Å². The van der Waals surface area contributed by atoms with E-state index in [9.17, 15) is 28.0 Å². The lowest BCUT2D eigenvalue weighted by Crippen LogP contribution is -2.58. The Labute approximate surface area is 244 Å². The molecule has 0 radical (unpaired) electrons. The smallest absolute Gasteiger partial charge is 0.410 e. The van der Waals surface area contributed by atoms with Crippen LogP contribution in [0.15, 0.2) is 36.4 Å². The minimum Gasteiger partial charge on any atom is -0.444 e. The van der Waals surface area contributed by atoms with Crippen LogP contribution in [0.2, 0.25) is 0 Å². The fourth-order valence-electron chi connectivity index (χ4n) is 4.50. The second-order valence-electron chi connectivity index (χ2n) is 12.5. The summed E-state index contributed by atoms with van der Waals surface area (Å²) in [6.07, 6.45) is -0.714. The number of hydrogen-bond donors (Lipinski definition) is 3. The van der Waals surface area contributed by atoms with E-state index in [2.05, 4.69) is 10.6 Å². The fraction of sp³-hybridized carbons (Fsp3) is 0.467. The normalized spacial score (nSPS) is 16.2. The molecule has 0 aromatic heterocycles. The zero-order valence-corrected chi connectivity index (χ0v) is 25.2. The van der Waals surface area contributed by atoms with Crippen LogP contribution in [0.1, 0.15) is 65.6 Å². The predicted molar refractivity (Wildman–Crippen MR) is 154 cm³/mol. The van der Waals surface area contributed by atoms with Gasteiger partial charge in [-0.25, -0.2) is 13.6 Å². The molecule has 10 nitrogen and oxygen atoms in total. The van der Waals surface area contributed by atoms with Crippen molar-refractivity contribution < 1.29 is 32.7 Å². The first-order valence-electron chi connectivity index (χ1n) is 13.5. The van der Waals surface area contributed by atoms with E-state index < -0.39 is 70.3 Å². The molecule has 3 rings (SSSR count). The van der Waals surface area contributed by atoms with Crippen LogP contribution in [0, 0.1) is 17.0 Å². The van der Waals surface area contributed by atoms with Gasteiger partial charge >= 0.3 is 6.09 Å². The summed E-state index contributed by atoms with van der Waals surface area (Å²) in [4.78, 5) is 55.9. The van der Waals surface area contributed by atoms with Gasteiger partial charge in [0, 0.05) is 19.3 Å². The maximum absolute atomic E-state index is 14.4. The van der Waals surface area contributed by atoms with Gasteiger partial charge in [-0.15, -0.1) is 0 Å². The number of likely N-dealkylation sites (N-methyl/N-ethyl adjacent to an activating group) is 1. The Morgan fingerprint density at radius 2 is 1.64 bits per heavy atom. The molecule has 3 atom stereocenters. The van der Waals surface area contributed by atoms with E-state index in [0.29, 0.717) is 16.8 Å². The molecule has 0 saturated carbocycles. The summed E-state index contributed by atoms with van der Waals surface area (Å²) in [5.41, 5.74) is 5.06. The van der Waals surface area contributed by atoms with Gasteiger partial charge in [-0.3, -0.25) is 19.3 Å². The molecule has 4 N–H and O–H groups in total. The van der Waals surface area contributed by atoms with Crippen LogP contribution in [-0.2, 0) is 25.7 Å². The van der Waals surface area contributed by atoms with Gasteiger partial charge in [0.05, 0.1) is 0 Å². The fourth-order valence-corrected chi connectivity index (χ4v) is 4.50. The summed E-state index contributed by atoms with van der Waals surface area (Å²) < 4.78 is 34.1. The van der Waals surface area contributed by atoms with Gasteiger partial charge in [0.1, 0.15) is 41.0 Å². The van der Waals surface area contributed by atoms with Crippen molar-refractivity contribution in [1.29, 1.82) is 0 Å². The van der Waals surface area contributed by atoms with Gasteiger partial charge in [0.2, 0.25) is 11.8 Å². The number of carbonyl (C=O) groups excluding carboxylic acids is 4. The number of nitrogen functional groups attached to an aromatic ring is 1. The molecular weight excluding hydrogens is 548 g/mol. The topological polar surface area (TPSA) is 134 Å². The minimum absolute atomic E-state index is 0.0118. The summed E-state index contributed by atoms with van der Waals surface area (Å²) in [5, 5.41) is 5.02. The number of carbonyl (C=O) groups is 4. The number of rotatable bonds is 6. The van der Waals surface area contributed by atoms with Gasteiger partial charge in [-0.2, -0.15) is 0 Å². The predicted octanol–water partition coefficient (Wildman–Crippen LogP) is 4.36. The van der Waals surface area contributed by atoms with E-state index in [0.717, 1.165) is 17.0 Å². The summed E-state index contributed by atoms with van der Waals surface area (Å²) in [5.74, 6) is -4.03. The monoisotopic (exact) mass is 587 g/mol. The van der Waals surface area contributed by atoms with Crippen LogP contribution < -0.4 is 16.4 Å².